The lowest BCUT2D eigenvalue weighted by Crippen LogP contribution is -2.74. The first-order valence-corrected chi connectivity index (χ1v) is 12.5. The summed E-state index contributed by atoms with van der Waals surface area (Å²) in [5, 5.41) is 0.824. The molecule has 3 atom stereocenters. The Kier molecular flexibility index (Phi) is 5.35. The van der Waals surface area contributed by atoms with E-state index in [0.29, 0.717) is 17.2 Å². The number of hydrogen-bond donors (Lipinski definition) is 0. The van der Waals surface area contributed by atoms with Crippen LogP contribution in [0.2, 0.25) is 5.02 Å². The van der Waals surface area contributed by atoms with Crippen LogP contribution in [0.4, 0.5) is 5.69 Å². The summed E-state index contributed by atoms with van der Waals surface area (Å²) in [7, 11) is 0. The zero-order valence-electron chi connectivity index (χ0n) is 18.3. The number of nitrogens with zero attached hydrogens (tertiary/aromatic N) is 1. The third kappa shape index (κ3) is 3.41. The summed E-state index contributed by atoms with van der Waals surface area (Å²) in [5.74, 6) is 0.682. The number of thioether (sulfide) groups is 1. The summed E-state index contributed by atoms with van der Waals surface area (Å²) in [5.41, 5.74) is 2.55. The number of anilines is 1. The van der Waals surface area contributed by atoms with Crippen LogP contribution in [-0.4, -0.2) is 12.0 Å². The topological polar surface area (TPSA) is 29.5 Å². The van der Waals surface area contributed by atoms with Crippen molar-refractivity contribution in [3.63, 3.8) is 0 Å². The summed E-state index contributed by atoms with van der Waals surface area (Å²) in [6.07, 6.45) is 0.0835. The lowest BCUT2D eigenvalue weighted by Gasteiger charge is -2.57. The Morgan fingerprint density at radius 2 is 1.47 bits per heavy atom. The molecule has 4 aromatic carbocycles. The molecule has 0 unspecified atom stereocenters. The molecule has 0 aliphatic carbocycles. The first-order chi connectivity index (χ1) is 16.7. The van der Waals surface area contributed by atoms with E-state index in [1.807, 2.05) is 83.8 Å². The predicted molar refractivity (Wildman–Crippen MR) is 138 cm³/mol. The Balaban J connectivity index is 1.54. The van der Waals surface area contributed by atoms with Crippen LogP contribution >= 0.6 is 23.4 Å². The average Bonchev–Trinajstić information content (AvgIpc) is 3.02. The van der Waals surface area contributed by atoms with Crippen LogP contribution in [0, 0.1) is 0 Å². The molecule has 2 heterocycles. The molecular weight excluding hydrogens is 462 g/mol. The molecule has 2 aliphatic heterocycles. The Morgan fingerprint density at radius 3 is 2.21 bits per heavy atom. The van der Waals surface area contributed by atoms with Crippen molar-refractivity contribution in [2.45, 2.75) is 28.2 Å². The van der Waals surface area contributed by atoms with Gasteiger partial charge in [-0.05, 0) is 53.9 Å². The number of carbonyl (C=O) groups excluding carboxylic acids is 1. The molecule has 0 aromatic heterocycles. The molecule has 6 rings (SSSR count). The summed E-state index contributed by atoms with van der Waals surface area (Å²) in [6.45, 7) is 0. The fourth-order valence-electron chi connectivity index (χ4n) is 5.09. The number of ether oxygens (including phenoxy) is 1. The van der Waals surface area contributed by atoms with E-state index in [1.54, 1.807) is 11.8 Å². The summed E-state index contributed by atoms with van der Waals surface area (Å²) in [6, 6.07) is 36.1. The number of fused-ring (bicyclic) bond motifs is 3. The van der Waals surface area contributed by atoms with Crippen LogP contribution < -0.4 is 9.64 Å². The van der Waals surface area contributed by atoms with E-state index in [-0.39, 0.29) is 11.2 Å². The van der Waals surface area contributed by atoms with Crippen LogP contribution in [0.3, 0.4) is 0 Å². The van der Waals surface area contributed by atoms with Gasteiger partial charge in [-0.3, -0.25) is 9.69 Å². The molecule has 1 fully saturated rings. The van der Waals surface area contributed by atoms with Crippen LogP contribution in [0.5, 0.6) is 5.75 Å². The minimum Gasteiger partial charge on any atom is -0.478 e. The standard InChI is InChI=1S/C29H22ClNO2S/c30-22-17-15-20(16-18-22)26-19-29(21-9-3-1-4-10-21)27(33-23-11-5-2-6-12-23)28(32)31(29)24-13-7-8-14-25(24)34-26/h1-18,26-27H,19H2/t26-,27+,29-/m1/s1. The number of para-hydroxylation sites is 2. The van der Waals surface area contributed by atoms with Crippen LogP contribution in [0.1, 0.15) is 22.8 Å². The molecule has 0 bridgehead atoms. The van der Waals surface area contributed by atoms with Gasteiger partial charge in [-0.2, -0.15) is 0 Å². The molecule has 0 saturated carbocycles. The van der Waals surface area contributed by atoms with Crippen molar-refractivity contribution in [2.24, 2.45) is 0 Å². The molecule has 0 N–H and O–H groups in total. The van der Waals surface area contributed by atoms with E-state index in [0.717, 1.165) is 16.1 Å². The lowest BCUT2D eigenvalue weighted by molar-refractivity contribution is -0.142. The van der Waals surface area contributed by atoms with E-state index in [4.69, 9.17) is 16.3 Å². The Morgan fingerprint density at radius 1 is 0.824 bits per heavy atom. The van der Waals surface area contributed by atoms with Gasteiger partial charge in [0.25, 0.3) is 5.91 Å². The van der Waals surface area contributed by atoms with Crippen molar-refractivity contribution >= 4 is 35.0 Å². The maximum absolute atomic E-state index is 13.8. The smallest absolute Gasteiger partial charge is 0.271 e. The maximum Gasteiger partial charge on any atom is 0.271 e. The molecule has 5 heteroatoms. The van der Waals surface area contributed by atoms with E-state index in [2.05, 4.69) is 30.3 Å². The largest absolute Gasteiger partial charge is 0.478 e. The number of rotatable bonds is 4. The van der Waals surface area contributed by atoms with Gasteiger partial charge in [-0.15, -0.1) is 11.8 Å². The normalized spacial score (nSPS) is 23.3. The zero-order chi connectivity index (χ0) is 23.1. The Labute approximate surface area is 208 Å². The number of carbonyl (C=O) groups is 1. The van der Waals surface area contributed by atoms with E-state index >= 15 is 0 Å². The van der Waals surface area contributed by atoms with Gasteiger partial charge in [0.05, 0.1) is 5.69 Å². The molecule has 1 saturated heterocycles. The van der Waals surface area contributed by atoms with Gasteiger partial charge in [-0.25, -0.2) is 0 Å². The summed E-state index contributed by atoms with van der Waals surface area (Å²) >= 11 is 8.00. The second-order valence-corrected chi connectivity index (χ2v) is 10.3. The van der Waals surface area contributed by atoms with Gasteiger partial charge in [0.1, 0.15) is 11.3 Å². The minimum absolute atomic E-state index is 0.0162. The number of benzene rings is 4. The SMILES string of the molecule is O=C1[C@H](Oc2ccccc2)[C@]2(c3ccccc3)C[C@H](c3ccc(Cl)cc3)Sc3ccccc3N12. The van der Waals surface area contributed by atoms with Crippen molar-refractivity contribution < 1.29 is 9.53 Å². The van der Waals surface area contributed by atoms with Gasteiger partial charge in [0.2, 0.25) is 6.10 Å². The van der Waals surface area contributed by atoms with Gasteiger partial charge in [0, 0.05) is 15.2 Å². The van der Waals surface area contributed by atoms with Gasteiger partial charge in [-0.1, -0.05) is 84.4 Å². The van der Waals surface area contributed by atoms with Crippen molar-refractivity contribution in [3.8, 4) is 5.75 Å². The zero-order valence-corrected chi connectivity index (χ0v) is 19.9. The number of hydrogen-bond acceptors (Lipinski definition) is 3. The molecule has 3 nitrogen and oxygen atoms in total. The van der Waals surface area contributed by atoms with Crippen molar-refractivity contribution in [2.75, 3.05) is 4.90 Å². The molecule has 4 aromatic rings. The third-order valence-electron chi connectivity index (χ3n) is 6.66. The Bertz CT molecular complexity index is 1330. The second-order valence-electron chi connectivity index (χ2n) is 8.60. The van der Waals surface area contributed by atoms with Gasteiger partial charge < -0.3 is 4.74 Å². The summed E-state index contributed by atoms with van der Waals surface area (Å²) < 4.78 is 6.44. The third-order valence-corrected chi connectivity index (χ3v) is 8.24. The number of halogens is 1. The molecule has 0 spiro atoms. The van der Waals surface area contributed by atoms with E-state index in [9.17, 15) is 4.79 Å². The molecule has 34 heavy (non-hydrogen) atoms. The highest BCUT2D eigenvalue weighted by Gasteiger charge is 2.65. The molecule has 2 aliphatic rings. The van der Waals surface area contributed by atoms with Crippen LogP contribution in [0.25, 0.3) is 0 Å². The number of β-lactam (4-membered cyclic amide) rings is 1. The first-order valence-electron chi connectivity index (χ1n) is 11.3. The average molecular weight is 484 g/mol. The monoisotopic (exact) mass is 483 g/mol. The molecule has 168 valence electrons. The molecule has 1 amide bonds. The predicted octanol–water partition coefficient (Wildman–Crippen LogP) is 7.27. The fraction of sp³-hybridized carbons (Fsp3) is 0.138. The van der Waals surface area contributed by atoms with Crippen molar-refractivity contribution in [1.29, 1.82) is 0 Å². The lowest BCUT2D eigenvalue weighted by atomic mass is 9.70. The molecule has 0 radical (unpaired) electrons. The maximum atomic E-state index is 13.8. The second kappa shape index (κ2) is 8.53. The minimum atomic E-state index is -0.641. The van der Waals surface area contributed by atoms with Gasteiger partial charge in [0.15, 0.2) is 0 Å². The van der Waals surface area contributed by atoms with E-state index in [1.165, 1.54) is 5.56 Å². The summed E-state index contributed by atoms with van der Waals surface area (Å²) in [4.78, 5) is 16.8. The van der Waals surface area contributed by atoms with Gasteiger partial charge >= 0.3 is 0 Å². The highest BCUT2D eigenvalue weighted by molar-refractivity contribution is 7.99. The Hall–Kier alpha value is -3.21. The van der Waals surface area contributed by atoms with Crippen molar-refractivity contribution in [1.82, 2.24) is 0 Å². The van der Waals surface area contributed by atoms with E-state index < -0.39 is 11.6 Å². The fourth-order valence-corrected chi connectivity index (χ4v) is 6.59. The number of amides is 1. The highest BCUT2D eigenvalue weighted by atomic mass is 35.5. The van der Waals surface area contributed by atoms with Crippen LogP contribution in [0.15, 0.2) is 114 Å². The van der Waals surface area contributed by atoms with Crippen molar-refractivity contribution in [3.05, 3.63) is 125 Å². The molecular formula is C29H22ClNO2S. The highest BCUT2D eigenvalue weighted by Crippen LogP contribution is 2.59. The quantitative estimate of drug-likeness (QED) is 0.286. The first kappa shape index (κ1) is 21.3. The van der Waals surface area contributed by atoms with Crippen LogP contribution in [-0.2, 0) is 10.3 Å².